The third kappa shape index (κ3) is 4.36. The first-order valence-electron chi connectivity index (χ1n) is 9.26. The molecule has 1 aliphatic rings. The fourth-order valence-corrected chi connectivity index (χ4v) is 5.14. The van der Waals surface area contributed by atoms with Crippen LogP contribution in [0.4, 0.5) is 19.1 Å². The Bertz CT molecular complexity index is 1060. The smallest absolute Gasteiger partial charge is 0.340 e. The van der Waals surface area contributed by atoms with Gasteiger partial charge in [0.05, 0.1) is 33.3 Å². The highest BCUT2D eigenvalue weighted by Gasteiger charge is 2.33. The second-order valence-corrected chi connectivity index (χ2v) is 9.26. The van der Waals surface area contributed by atoms with Gasteiger partial charge in [0.25, 0.3) is 0 Å². The van der Waals surface area contributed by atoms with Crippen LogP contribution in [0.2, 0.25) is 0 Å². The highest BCUT2D eigenvalue weighted by Crippen LogP contribution is 2.32. The largest absolute Gasteiger partial charge is 0.419 e. The molecule has 1 aliphatic heterocycles. The van der Waals surface area contributed by atoms with Gasteiger partial charge in [-0.1, -0.05) is 0 Å². The summed E-state index contributed by atoms with van der Waals surface area (Å²) in [7, 11) is 0. The van der Waals surface area contributed by atoms with Crippen LogP contribution in [0.1, 0.15) is 27.7 Å². The maximum absolute atomic E-state index is 12.7. The molecule has 11 heteroatoms. The zero-order chi connectivity index (χ0) is 21.5. The molecule has 3 aromatic heterocycles. The van der Waals surface area contributed by atoms with Crippen LogP contribution < -0.4 is 4.90 Å². The van der Waals surface area contributed by atoms with Crippen molar-refractivity contribution in [1.29, 1.82) is 0 Å². The Balaban J connectivity index is 1.38. The molecule has 1 saturated heterocycles. The number of thiazole rings is 2. The van der Waals surface area contributed by atoms with Crippen LogP contribution in [0.5, 0.6) is 0 Å². The van der Waals surface area contributed by atoms with Crippen molar-refractivity contribution in [2.45, 2.75) is 32.9 Å². The molecule has 3 aromatic rings. The van der Waals surface area contributed by atoms with Gasteiger partial charge in [-0.2, -0.15) is 13.2 Å². The lowest BCUT2D eigenvalue weighted by Gasteiger charge is -2.16. The second kappa shape index (κ2) is 8.03. The third-order valence-electron chi connectivity index (χ3n) is 4.91. The molecule has 0 aromatic carbocycles. The average Bonchev–Trinajstić information content (AvgIpc) is 3.41. The summed E-state index contributed by atoms with van der Waals surface area (Å²) in [5.41, 5.74) is 0.893. The molecule has 4 heterocycles. The zero-order valence-corrected chi connectivity index (χ0v) is 17.9. The predicted molar refractivity (Wildman–Crippen MR) is 109 cm³/mol. The molecule has 158 valence electrons. The van der Waals surface area contributed by atoms with E-state index >= 15 is 0 Å². The van der Waals surface area contributed by atoms with Gasteiger partial charge in [0.1, 0.15) is 10.8 Å². The Kier molecular flexibility index (Phi) is 5.58. The molecule has 0 radical (unpaired) electrons. The lowest BCUT2D eigenvalue weighted by atomic mass is 10.0. The topological polar surface area (TPSA) is 71.9 Å². The van der Waals surface area contributed by atoms with Crippen molar-refractivity contribution in [3.8, 4) is 10.6 Å². The summed E-state index contributed by atoms with van der Waals surface area (Å²) in [5.74, 6) is 0.0732. The van der Waals surface area contributed by atoms with E-state index in [0.717, 1.165) is 38.7 Å². The van der Waals surface area contributed by atoms with Crippen LogP contribution in [0.15, 0.2) is 17.8 Å². The standard InChI is InChI=1S/C19H18F3N5OS2/c1-10-17(30-11(2)25-10)14-9-29-16(26-14)5-15(28)12-3-4-27(8-12)18-23-6-13(7-24-18)19(20,21)22/h6-7,9,12H,3-5,8H2,1-2H3/t12-/m1/s1. The minimum Gasteiger partial charge on any atom is -0.340 e. The molecular formula is C19H18F3N5OS2. The molecule has 0 N–H and O–H groups in total. The van der Waals surface area contributed by atoms with Crippen LogP contribution >= 0.6 is 22.7 Å². The quantitative estimate of drug-likeness (QED) is 0.573. The van der Waals surface area contributed by atoms with Crippen molar-refractivity contribution >= 4 is 34.4 Å². The Labute approximate surface area is 178 Å². The first kappa shape index (κ1) is 20.9. The van der Waals surface area contributed by atoms with Gasteiger partial charge in [-0.3, -0.25) is 4.79 Å². The van der Waals surface area contributed by atoms with Crippen LogP contribution in [0.3, 0.4) is 0 Å². The summed E-state index contributed by atoms with van der Waals surface area (Å²) in [5, 5.41) is 3.67. The van der Waals surface area contributed by atoms with Crippen LogP contribution in [-0.2, 0) is 17.4 Å². The third-order valence-corrected chi connectivity index (χ3v) is 6.85. The number of hydrogen-bond donors (Lipinski definition) is 0. The van der Waals surface area contributed by atoms with E-state index in [1.807, 2.05) is 19.2 Å². The molecule has 0 aliphatic carbocycles. The number of rotatable bonds is 5. The fourth-order valence-electron chi connectivity index (χ4n) is 3.39. The number of alkyl halides is 3. The summed E-state index contributed by atoms with van der Waals surface area (Å²) >= 11 is 3.04. The van der Waals surface area contributed by atoms with E-state index in [1.54, 1.807) is 16.2 Å². The van der Waals surface area contributed by atoms with Gasteiger partial charge >= 0.3 is 6.18 Å². The number of halogens is 3. The molecule has 4 rings (SSSR count). The van der Waals surface area contributed by atoms with E-state index in [2.05, 4.69) is 19.9 Å². The van der Waals surface area contributed by atoms with Crippen molar-refractivity contribution in [2.24, 2.45) is 5.92 Å². The summed E-state index contributed by atoms with van der Waals surface area (Å²) in [6, 6.07) is 0. The number of ketones is 1. The van der Waals surface area contributed by atoms with E-state index in [9.17, 15) is 18.0 Å². The van der Waals surface area contributed by atoms with E-state index in [1.165, 1.54) is 11.3 Å². The highest BCUT2D eigenvalue weighted by atomic mass is 32.1. The number of carbonyl (C=O) groups is 1. The van der Waals surface area contributed by atoms with Crippen molar-refractivity contribution in [2.75, 3.05) is 18.0 Å². The summed E-state index contributed by atoms with van der Waals surface area (Å²) in [6.45, 7) is 4.82. The van der Waals surface area contributed by atoms with Gasteiger partial charge in [-0.15, -0.1) is 22.7 Å². The Hall–Kier alpha value is -2.40. The van der Waals surface area contributed by atoms with E-state index < -0.39 is 11.7 Å². The Morgan fingerprint density at radius 1 is 1.23 bits per heavy atom. The first-order chi connectivity index (χ1) is 14.2. The fraction of sp³-hybridized carbons (Fsp3) is 0.421. The maximum atomic E-state index is 12.7. The Morgan fingerprint density at radius 3 is 2.60 bits per heavy atom. The highest BCUT2D eigenvalue weighted by molar-refractivity contribution is 7.16. The molecule has 6 nitrogen and oxygen atoms in total. The number of aromatic nitrogens is 4. The van der Waals surface area contributed by atoms with E-state index in [4.69, 9.17) is 0 Å². The van der Waals surface area contributed by atoms with Gasteiger partial charge in [0.2, 0.25) is 5.95 Å². The van der Waals surface area contributed by atoms with Crippen LogP contribution in [0, 0.1) is 19.8 Å². The van der Waals surface area contributed by atoms with E-state index in [-0.39, 0.29) is 24.1 Å². The lowest BCUT2D eigenvalue weighted by molar-refractivity contribution is -0.138. The minimum absolute atomic E-state index is 0.0718. The predicted octanol–water partition coefficient (Wildman–Crippen LogP) is 4.33. The van der Waals surface area contributed by atoms with Gasteiger partial charge < -0.3 is 4.90 Å². The average molecular weight is 454 g/mol. The maximum Gasteiger partial charge on any atom is 0.419 e. The number of carbonyl (C=O) groups excluding carboxylic acids is 1. The summed E-state index contributed by atoms with van der Waals surface area (Å²) in [4.78, 5) is 32.2. The van der Waals surface area contributed by atoms with Crippen molar-refractivity contribution < 1.29 is 18.0 Å². The summed E-state index contributed by atoms with van der Waals surface area (Å²) < 4.78 is 38.0. The number of nitrogens with zero attached hydrogens (tertiary/aromatic N) is 5. The van der Waals surface area contributed by atoms with Crippen molar-refractivity contribution in [3.05, 3.63) is 39.0 Å². The van der Waals surface area contributed by atoms with Crippen LogP contribution in [0.25, 0.3) is 10.6 Å². The number of anilines is 1. The van der Waals surface area contributed by atoms with Gasteiger partial charge in [-0.25, -0.2) is 19.9 Å². The normalized spacial score (nSPS) is 17.0. The number of Topliss-reactive ketones (excluding diaryl/α,β-unsaturated/α-hetero) is 1. The van der Waals surface area contributed by atoms with Gasteiger partial charge in [0, 0.05) is 36.8 Å². The molecule has 0 unspecified atom stereocenters. The lowest BCUT2D eigenvalue weighted by Crippen LogP contribution is -2.25. The molecule has 0 amide bonds. The second-order valence-electron chi connectivity index (χ2n) is 7.12. The molecule has 0 bridgehead atoms. The van der Waals surface area contributed by atoms with Gasteiger partial charge in [0.15, 0.2) is 0 Å². The monoisotopic (exact) mass is 453 g/mol. The SMILES string of the molecule is Cc1nc(C)c(-c2csc(CC(=O)[C@@H]3CCN(c4ncc(C(F)(F)F)cn4)C3)n2)s1. The zero-order valence-electron chi connectivity index (χ0n) is 16.2. The molecular weight excluding hydrogens is 435 g/mol. The molecule has 30 heavy (non-hydrogen) atoms. The van der Waals surface area contributed by atoms with Gasteiger partial charge in [-0.05, 0) is 20.3 Å². The first-order valence-corrected chi connectivity index (χ1v) is 11.0. The van der Waals surface area contributed by atoms with Crippen LogP contribution in [-0.4, -0.2) is 38.8 Å². The Morgan fingerprint density at radius 2 is 1.97 bits per heavy atom. The van der Waals surface area contributed by atoms with Crippen molar-refractivity contribution in [3.63, 3.8) is 0 Å². The molecule has 1 atom stereocenters. The number of hydrogen-bond acceptors (Lipinski definition) is 8. The molecule has 0 saturated carbocycles. The molecule has 1 fully saturated rings. The number of aryl methyl sites for hydroxylation is 2. The summed E-state index contributed by atoms with van der Waals surface area (Å²) in [6.07, 6.45) is -2.05. The van der Waals surface area contributed by atoms with E-state index in [0.29, 0.717) is 19.5 Å². The van der Waals surface area contributed by atoms with Crippen molar-refractivity contribution in [1.82, 2.24) is 19.9 Å². The molecule has 0 spiro atoms. The minimum atomic E-state index is -4.47.